The second-order valence-electron chi connectivity index (χ2n) is 7.28. The van der Waals surface area contributed by atoms with Crippen LogP contribution in [0, 0.1) is 13.8 Å². The maximum absolute atomic E-state index is 12.7. The van der Waals surface area contributed by atoms with Gasteiger partial charge in [0.2, 0.25) is 0 Å². The first-order chi connectivity index (χ1) is 13.1. The number of aromatic nitrogens is 2. The molecule has 0 spiro atoms. The minimum absolute atomic E-state index is 0.0384. The Kier molecular flexibility index (Phi) is 4.86. The van der Waals surface area contributed by atoms with Crippen molar-refractivity contribution < 1.29 is 4.79 Å². The molecule has 0 bridgehead atoms. The van der Waals surface area contributed by atoms with Crippen molar-refractivity contribution in [2.45, 2.75) is 32.9 Å². The molecule has 1 aliphatic heterocycles. The summed E-state index contributed by atoms with van der Waals surface area (Å²) in [4.78, 5) is 24.2. The maximum atomic E-state index is 12.7. The van der Waals surface area contributed by atoms with Crippen LogP contribution in [0.4, 0.5) is 0 Å². The van der Waals surface area contributed by atoms with Gasteiger partial charge in [0.1, 0.15) is 0 Å². The van der Waals surface area contributed by atoms with E-state index in [1.54, 1.807) is 0 Å². The topological polar surface area (TPSA) is 58.1 Å². The summed E-state index contributed by atoms with van der Waals surface area (Å²) < 4.78 is 0. The van der Waals surface area contributed by atoms with Gasteiger partial charge >= 0.3 is 0 Å². The van der Waals surface area contributed by atoms with Crippen molar-refractivity contribution in [3.05, 3.63) is 71.0 Å². The normalized spacial score (nSPS) is 17.3. The van der Waals surface area contributed by atoms with E-state index in [9.17, 15) is 4.79 Å². The number of hydrogen-bond donors (Lipinski definition) is 1. The van der Waals surface area contributed by atoms with Crippen LogP contribution >= 0.6 is 0 Å². The first kappa shape index (κ1) is 17.6. The van der Waals surface area contributed by atoms with Gasteiger partial charge in [0.25, 0.3) is 5.91 Å². The Bertz CT molecular complexity index is 971. The molecule has 1 fully saturated rings. The summed E-state index contributed by atoms with van der Waals surface area (Å²) in [5, 5.41) is 3.17. The summed E-state index contributed by atoms with van der Waals surface area (Å²) in [6.07, 6.45) is 0.976. The van der Waals surface area contributed by atoms with Crippen LogP contribution in [0.1, 0.15) is 33.7 Å². The quantitative estimate of drug-likeness (QED) is 0.776. The lowest BCUT2D eigenvalue weighted by Crippen LogP contribution is -2.37. The van der Waals surface area contributed by atoms with E-state index in [0.717, 1.165) is 48.5 Å². The SMILES string of the molecule is Cc1nc2ccc(C(=O)N[C@@H]3CCN(Cc4ccccc4)C3)cc2nc1C. The maximum Gasteiger partial charge on any atom is 0.251 e. The van der Waals surface area contributed by atoms with Gasteiger partial charge in [-0.25, -0.2) is 9.97 Å². The van der Waals surface area contributed by atoms with E-state index in [-0.39, 0.29) is 11.9 Å². The van der Waals surface area contributed by atoms with Crippen molar-refractivity contribution >= 4 is 16.9 Å². The second kappa shape index (κ2) is 7.45. The summed E-state index contributed by atoms with van der Waals surface area (Å²) in [5.41, 5.74) is 5.36. The molecule has 3 aromatic rings. The first-order valence-corrected chi connectivity index (χ1v) is 9.40. The first-order valence-electron chi connectivity index (χ1n) is 9.40. The summed E-state index contributed by atoms with van der Waals surface area (Å²) in [7, 11) is 0. The van der Waals surface area contributed by atoms with Crippen LogP contribution in [0.5, 0.6) is 0 Å². The molecule has 0 aliphatic carbocycles. The Hall–Kier alpha value is -2.79. The number of nitrogens with one attached hydrogen (secondary N) is 1. The minimum Gasteiger partial charge on any atom is -0.348 e. The largest absolute Gasteiger partial charge is 0.348 e. The van der Waals surface area contributed by atoms with E-state index in [0.29, 0.717) is 5.56 Å². The van der Waals surface area contributed by atoms with Crippen molar-refractivity contribution in [3.8, 4) is 0 Å². The summed E-state index contributed by atoms with van der Waals surface area (Å²) in [6, 6.07) is 16.2. The molecule has 2 aromatic carbocycles. The molecule has 1 aromatic heterocycles. The molecule has 1 aliphatic rings. The number of likely N-dealkylation sites (tertiary alicyclic amines) is 1. The smallest absolute Gasteiger partial charge is 0.251 e. The lowest BCUT2D eigenvalue weighted by Gasteiger charge is -2.17. The minimum atomic E-state index is -0.0384. The molecular weight excluding hydrogens is 336 g/mol. The molecule has 1 amide bonds. The van der Waals surface area contributed by atoms with E-state index in [1.165, 1.54) is 5.56 Å². The highest BCUT2D eigenvalue weighted by Gasteiger charge is 2.24. The molecule has 27 heavy (non-hydrogen) atoms. The van der Waals surface area contributed by atoms with Gasteiger partial charge in [-0.1, -0.05) is 30.3 Å². The van der Waals surface area contributed by atoms with Crippen LogP contribution < -0.4 is 5.32 Å². The molecule has 1 atom stereocenters. The summed E-state index contributed by atoms with van der Waals surface area (Å²) in [6.45, 7) is 6.70. The highest BCUT2D eigenvalue weighted by Crippen LogP contribution is 2.17. The van der Waals surface area contributed by atoms with Crippen molar-refractivity contribution in [2.75, 3.05) is 13.1 Å². The van der Waals surface area contributed by atoms with E-state index in [2.05, 4.69) is 44.5 Å². The Labute approximate surface area is 159 Å². The monoisotopic (exact) mass is 360 g/mol. The van der Waals surface area contributed by atoms with Crippen molar-refractivity contribution in [3.63, 3.8) is 0 Å². The Morgan fingerprint density at radius 3 is 2.59 bits per heavy atom. The van der Waals surface area contributed by atoms with Gasteiger partial charge in [0.05, 0.1) is 22.4 Å². The standard InChI is InChI=1S/C22H24N4O/c1-15-16(2)24-21-12-18(8-9-20(21)23-15)22(27)25-19-10-11-26(14-19)13-17-6-4-3-5-7-17/h3-9,12,19H,10-11,13-14H2,1-2H3,(H,25,27)/t19-/m1/s1. The fourth-order valence-corrected chi connectivity index (χ4v) is 3.58. The number of nitrogens with zero attached hydrogens (tertiary/aromatic N) is 3. The fourth-order valence-electron chi connectivity index (χ4n) is 3.58. The van der Waals surface area contributed by atoms with Crippen molar-refractivity contribution in [1.29, 1.82) is 0 Å². The Morgan fingerprint density at radius 1 is 1.07 bits per heavy atom. The molecule has 2 heterocycles. The van der Waals surface area contributed by atoms with Crippen LogP contribution in [0.3, 0.4) is 0 Å². The van der Waals surface area contributed by atoms with Gasteiger partial charge in [0.15, 0.2) is 0 Å². The lowest BCUT2D eigenvalue weighted by molar-refractivity contribution is 0.0937. The zero-order valence-electron chi connectivity index (χ0n) is 15.8. The number of hydrogen-bond acceptors (Lipinski definition) is 4. The zero-order chi connectivity index (χ0) is 18.8. The van der Waals surface area contributed by atoms with Crippen molar-refractivity contribution in [2.24, 2.45) is 0 Å². The second-order valence-corrected chi connectivity index (χ2v) is 7.28. The van der Waals surface area contributed by atoms with Gasteiger partial charge in [0, 0.05) is 31.2 Å². The third-order valence-corrected chi connectivity index (χ3v) is 5.19. The average molecular weight is 360 g/mol. The molecule has 0 radical (unpaired) electrons. The molecule has 1 N–H and O–H groups in total. The molecule has 5 nitrogen and oxygen atoms in total. The summed E-state index contributed by atoms with van der Waals surface area (Å²) >= 11 is 0. The number of fused-ring (bicyclic) bond motifs is 1. The van der Waals surface area contributed by atoms with Gasteiger partial charge in [-0.2, -0.15) is 0 Å². The molecule has 5 heteroatoms. The van der Waals surface area contributed by atoms with Crippen LogP contribution in [0.15, 0.2) is 48.5 Å². The fraction of sp³-hybridized carbons (Fsp3) is 0.318. The molecule has 0 saturated carbocycles. The van der Waals surface area contributed by atoms with Crippen LogP contribution in [0.2, 0.25) is 0 Å². The van der Waals surface area contributed by atoms with Gasteiger partial charge in [-0.15, -0.1) is 0 Å². The molecular formula is C22H24N4O. The third-order valence-electron chi connectivity index (χ3n) is 5.19. The average Bonchev–Trinajstić information content (AvgIpc) is 3.10. The number of amides is 1. The van der Waals surface area contributed by atoms with Gasteiger partial charge in [-0.05, 0) is 44.0 Å². The van der Waals surface area contributed by atoms with Gasteiger partial charge in [-0.3, -0.25) is 9.69 Å². The Morgan fingerprint density at radius 2 is 1.81 bits per heavy atom. The lowest BCUT2D eigenvalue weighted by atomic mass is 10.1. The van der Waals surface area contributed by atoms with E-state index < -0.39 is 0 Å². The molecule has 1 saturated heterocycles. The van der Waals surface area contributed by atoms with Crippen LogP contribution in [-0.2, 0) is 6.54 Å². The highest BCUT2D eigenvalue weighted by molar-refractivity contribution is 5.97. The molecule has 0 unspecified atom stereocenters. The van der Waals surface area contributed by atoms with E-state index in [1.807, 2.05) is 38.1 Å². The van der Waals surface area contributed by atoms with Crippen molar-refractivity contribution in [1.82, 2.24) is 20.2 Å². The zero-order valence-corrected chi connectivity index (χ0v) is 15.8. The highest BCUT2D eigenvalue weighted by atomic mass is 16.1. The van der Waals surface area contributed by atoms with E-state index in [4.69, 9.17) is 0 Å². The van der Waals surface area contributed by atoms with Gasteiger partial charge < -0.3 is 5.32 Å². The van der Waals surface area contributed by atoms with Crippen LogP contribution in [-0.4, -0.2) is 39.9 Å². The third kappa shape index (κ3) is 3.98. The molecule has 138 valence electrons. The number of carbonyl (C=O) groups excluding carboxylic acids is 1. The van der Waals surface area contributed by atoms with E-state index >= 15 is 0 Å². The number of carbonyl (C=O) groups is 1. The summed E-state index contributed by atoms with van der Waals surface area (Å²) in [5.74, 6) is -0.0384. The number of rotatable bonds is 4. The molecule has 4 rings (SSSR count). The predicted molar refractivity (Wildman–Crippen MR) is 107 cm³/mol. The Balaban J connectivity index is 1.40. The number of aryl methyl sites for hydroxylation is 2. The van der Waals surface area contributed by atoms with Crippen LogP contribution in [0.25, 0.3) is 11.0 Å². The predicted octanol–water partition coefficient (Wildman–Crippen LogP) is 3.25. The number of benzene rings is 2.